The summed E-state index contributed by atoms with van der Waals surface area (Å²) in [5.74, 6) is -2.66. The number of alkyl halides is 2. The van der Waals surface area contributed by atoms with Crippen LogP contribution in [-0.2, 0) is 0 Å². The maximum atomic E-state index is 12.3. The summed E-state index contributed by atoms with van der Waals surface area (Å²) in [6, 6.07) is 0. The zero-order chi connectivity index (χ0) is 9.12. The molecule has 4 heteroatoms. The van der Waals surface area contributed by atoms with Gasteiger partial charge in [0.2, 0.25) is 0 Å². The summed E-state index contributed by atoms with van der Waals surface area (Å²) >= 11 is 0. The largest absolute Gasteiger partial charge is 0.329 e. The third-order valence-corrected chi connectivity index (χ3v) is 1.39. The lowest BCUT2D eigenvalue weighted by Crippen LogP contribution is -2.49. The SMILES string of the molecule is CC(F)(F)CNC(C)(C)CN. The molecule has 0 aromatic carbocycles. The highest BCUT2D eigenvalue weighted by molar-refractivity contribution is 4.80. The van der Waals surface area contributed by atoms with Gasteiger partial charge in [0.1, 0.15) is 0 Å². The van der Waals surface area contributed by atoms with Gasteiger partial charge in [-0.25, -0.2) is 8.78 Å². The van der Waals surface area contributed by atoms with E-state index in [9.17, 15) is 8.78 Å². The van der Waals surface area contributed by atoms with Gasteiger partial charge in [-0.05, 0) is 13.8 Å². The lowest BCUT2D eigenvalue weighted by molar-refractivity contribution is 0.0163. The van der Waals surface area contributed by atoms with E-state index in [1.807, 2.05) is 0 Å². The van der Waals surface area contributed by atoms with E-state index in [0.717, 1.165) is 6.92 Å². The summed E-state index contributed by atoms with van der Waals surface area (Å²) in [7, 11) is 0. The van der Waals surface area contributed by atoms with Gasteiger partial charge in [0.15, 0.2) is 0 Å². The predicted molar refractivity (Wildman–Crippen MR) is 41.8 cm³/mol. The molecule has 0 saturated carbocycles. The Morgan fingerprint density at radius 2 is 1.73 bits per heavy atom. The zero-order valence-electron chi connectivity index (χ0n) is 7.25. The molecule has 0 unspecified atom stereocenters. The Bertz CT molecular complexity index is 118. The third kappa shape index (κ3) is 6.19. The monoisotopic (exact) mass is 166 g/mol. The van der Waals surface area contributed by atoms with Crippen molar-refractivity contribution in [1.29, 1.82) is 0 Å². The number of nitrogens with two attached hydrogens (primary N) is 1. The molecule has 0 fully saturated rings. The van der Waals surface area contributed by atoms with Crippen LogP contribution in [0.3, 0.4) is 0 Å². The van der Waals surface area contributed by atoms with E-state index in [-0.39, 0.29) is 6.54 Å². The molecule has 0 rings (SSSR count). The van der Waals surface area contributed by atoms with Crippen LogP contribution < -0.4 is 11.1 Å². The molecule has 0 aliphatic carbocycles. The molecule has 0 radical (unpaired) electrons. The van der Waals surface area contributed by atoms with Gasteiger partial charge in [0.05, 0.1) is 6.54 Å². The van der Waals surface area contributed by atoms with Crippen LogP contribution in [-0.4, -0.2) is 24.6 Å². The lowest BCUT2D eigenvalue weighted by Gasteiger charge is -2.26. The first-order valence-corrected chi connectivity index (χ1v) is 3.60. The van der Waals surface area contributed by atoms with Crippen LogP contribution in [0.15, 0.2) is 0 Å². The van der Waals surface area contributed by atoms with Crippen molar-refractivity contribution in [2.45, 2.75) is 32.2 Å². The van der Waals surface area contributed by atoms with E-state index in [1.54, 1.807) is 13.8 Å². The molecule has 0 aliphatic rings. The van der Waals surface area contributed by atoms with Gasteiger partial charge in [-0.3, -0.25) is 0 Å². The smallest absolute Gasteiger partial charge is 0.257 e. The van der Waals surface area contributed by atoms with Crippen molar-refractivity contribution in [3.8, 4) is 0 Å². The van der Waals surface area contributed by atoms with Gasteiger partial charge in [0, 0.05) is 19.0 Å². The second-order valence-corrected chi connectivity index (χ2v) is 3.51. The molecule has 68 valence electrons. The fraction of sp³-hybridized carbons (Fsp3) is 1.00. The van der Waals surface area contributed by atoms with Gasteiger partial charge in [-0.2, -0.15) is 0 Å². The second kappa shape index (κ2) is 3.45. The van der Waals surface area contributed by atoms with E-state index in [1.165, 1.54) is 0 Å². The van der Waals surface area contributed by atoms with Gasteiger partial charge in [0.25, 0.3) is 5.92 Å². The Labute approximate surface area is 66.1 Å². The average molecular weight is 166 g/mol. The van der Waals surface area contributed by atoms with Crippen molar-refractivity contribution in [1.82, 2.24) is 5.32 Å². The third-order valence-electron chi connectivity index (χ3n) is 1.39. The Morgan fingerprint density at radius 3 is 2.00 bits per heavy atom. The van der Waals surface area contributed by atoms with Crippen LogP contribution in [0.25, 0.3) is 0 Å². The molecule has 0 aromatic rings. The van der Waals surface area contributed by atoms with Crippen molar-refractivity contribution in [2.75, 3.05) is 13.1 Å². The molecule has 0 bridgehead atoms. The van der Waals surface area contributed by atoms with Crippen LogP contribution in [0.2, 0.25) is 0 Å². The van der Waals surface area contributed by atoms with E-state index in [2.05, 4.69) is 5.32 Å². The zero-order valence-corrected chi connectivity index (χ0v) is 7.25. The summed E-state index contributed by atoms with van der Waals surface area (Å²) in [6.45, 7) is 4.49. The molecular formula is C7H16F2N2. The first kappa shape index (κ1) is 10.8. The van der Waals surface area contributed by atoms with Crippen molar-refractivity contribution < 1.29 is 8.78 Å². The molecule has 11 heavy (non-hydrogen) atoms. The molecule has 0 heterocycles. The number of nitrogens with one attached hydrogen (secondary N) is 1. The van der Waals surface area contributed by atoms with Crippen molar-refractivity contribution >= 4 is 0 Å². The molecule has 0 aromatic heterocycles. The number of rotatable bonds is 4. The normalized spacial score (nSPS) is 13.6. The van der Waals surface area contributed by atoms with E-state index in [0.29, 0.717) is 6.54 Å². The fourth-order valence-electron chi connectivity index (χ4n) is 0.467. The fourth-order valence-corrected chi connectivity index (χ4v) is 0.467. The first-order chi connectivity index (χ1) is 4.77. The molecule has 0 saturated heterocycles. The molecule has 0 spiro atoms. The highest BCUT2D eigenvalue weighted by atomic mass is 19.3. The number of hydrogen-bond donors (Lipinski definition) is 2. The highest BCUT2D eigenvalue weighted by Gasteiger charge is 2.24. The Balaban J connectivity index is 3.70. The molecule has 2 nitrogen and oxygen atoms in total. The highest BCUT2D eigenvalue weighted by Crippen LogP contribution is 2.11. The first-order valence-electron chi connectivity index (χ1n) is 3.60. The van der Waals surface area contributed by atoms with Crippen LogP contribution in [0.4, 0.5) is 8.78 Å². The average Bonchev–Trinajstić information content (AvgIpc) is 1.83. The van der Waals surface area contributed by atoms with E-state index < -0.39 is 11.5 Å². The van der Waals surface area contributed by atoms with Crippen LogP contribution in [0, 0.1) is 0 Å². The van der Waals surface area contributed by atoms with Gasteiger partial charge >= 0.3 is 0 Å². The predicted octanol–water partition coefficient (Wildman–Crippen LogP) is 0.968. The van der Waals surface area contributed by atoms with E-state index >= 15 is 0 Å². The van der Waals surface area contributed by atoms with Crippen LogP contribution in [0.5, 0.6) is 0 Å². The summed E-state index contributed by atoms with van der Waals surface area (Å²) < 4.78 is 24.6. The molecule has 0 aliphatic heterocycles. The molecular weight excluding hydrogens is 150 g/mol. The maximum Gasteiger partial charge on any atom is 0.257 e. The number of hydrogen-bond acceptors (Lipinski definition) is 2. The lowest BCUT2D eigenvalue weighted by atomic mass is 10.1. The van der Waals surface area contributed by atoms with Gasteiger partial charge in [-0.15, -0.1) is 0 Å². The summed E-state index contributed by atoms with van der Waals surface area (Å²) in [6.07, 6.45) is 0. The Hall–Kier alpha value is -0.220. The minimum Gasteiger partial charge on any atom is -0.329 e. The number of halogens is 2. The van der Waals surface area contributed by atoms with Crippen molar-refractivity contribution in [3.63, 3.8) is 0 Å². The maximum absolute atomic E-state index is 12.3. The van der Waals surface area contributed by atoms with Crippen LogP contribution >= 0.6 is 0 Å². The summed E-state index contributed by atoms with van der Waals surface area (Å²) in [5, 5.41) is 2.67. The molecule has 0 amide bonds. The Kier molecular flexibility index (Phi) is 3.38. The van der Waals surface area contributed by atoms with Gasteiger partial charge < -0.3 is 11.1 Å². The summed E-state index contributed by atoms with van der Waals surface area (Å²) in [4.78, 5) is 0. The quantitative estimate of drug-likeness (QED) is 0.653. The topological polar surface area (TPSA) is 38.0 Å². The van der Waals surface area contributed by atoms with Gasteiger partial charge in [-0.1, -0.05) is 0 Å². The molecule has 0 atom stereocenters. The standard InChI is InChI=1S/C7H16F2N2/c1-6(2,4-10)11-5-7(3,8)9/h11H,4-5,10H2,1-3H3. The second-order valence-electron chi connectivity index (χ2n) is 3.51. The molecule has 3 N–H and O–H groups in total. The van der Waals surface area contributed by atoms with Crippen molar-refractivity contribution in [3.05, 3.63) is 0 Å². The van der Waals surface area contributed by atoms with Crippen molar-refractivity contribution in [2.24, 2.45) is 5.73 Å². The van der Waals surface area contributed by atoms with E-state index in [4.69, 9.17) is 5.73 Å². The van der Waals surface area contributed by atoms with Crippen LogP contribution in [0.1, 0.15) is 20.8 Å². The summed E-state index contributed by atoms with van der Waals surface area (Å²) in [5.41, 5.74) is 4.92. The minimum absolute atomic E-state index is 0.322. The minimum atomic E-state index is -2.66. The Morgan fingerprint density at radius 1 is 1.27 bits per heavy atom.